The molecule has 0 aromatic heterocycles. The molecule has 104 valence electrons. The van der Waals surface area contributed by atoms with Crippen molar-refractivity contribution in [2.45, 2.75) is 6.92 Å². The highest BCUT2D eigenvalue weighted by Crippen LogP contribution is 2.00. The Morgan fingerprint density at radius 1 is 0.478 bits per heavy atom. The van der Waals surface area contributed by atoms with E-state index < -0.39 is 0 Å². The van der Waals surface area contributed by atoms with Gasteiger partial charge in [0.1, 0.15) is 0 Å². The van der Waals surface area contributed by atoms with Crippen LogP contribution in [-0.4, -0.2) is 0 Å². The number of rotatable bonds is 0. The first-order chi connectivity index (χ1) is 11.3. The molecule has 0 N–H and O–H groups in total. The summed E-state index contributed by atoms with van der Waals surface area (Å²) in [6, 6.07) is 17.6. The van der Waals surface area contributed by atoms with E-state index in [1.54, 1.807) is 0 Å². The average Bonchev–Trinajstić information content (AvgIpc) is 2.59. The molecule has 0 atom stereocenters. The molecule has 0 nitrogen and oxygen atoms in total. The molecule has 0 fully saturated rings. The minimum atomic E-state index is 0.931. The van der Waals surface area contributed by atoms with E-state index in [0.717, 1.165) is 11.1 Å². The minimum Gasteiger partial charge on any atom is -0.0622 e. The van der Waals surface area contributed by atoms with Crippen LogP contribution in [-0.2, 0) is 0 Å². The maximum absolute atomic E-state index is 2.95. The molecule has 2 aromatic rings. The zero-order valence-corrected chi connectivity index (χ0v) is 12.7. The average molecular weight is 288 g/mol. The van der Waals surface area contributed by atoms with E-state index in [1.807, 2.05) is 61.5 Å². The second-order valence-corrected chi connectivity index (χ2v) is 4.48. The molecule has 0 heteroatoms. The Labute approximate surface area is 137 Å². The highest BCUT2D eigenvalue weighted by molar-refractivity contribution is 5.46. The predicted octanol–water partition coefficient (Wildman–Crippen LogP) is 3.41. The van der Waals surface area contributed by atoms with Crippen LogP contribution in [0.3, 0.4) is 0 Å². The highest BCUT2D eigenvalue weighted by atomic mass is 13.9. The van der Waals surface area contributed by atoms with Crippen LogP contribution in [0.25, 0.3) is 0 Å². The first kappa shape index (κ1) is 15.6. The van der Waals surface area contributed by atoms with Crippen LogP contribution in [0, 0.1) is 66.1 Å². The van der Waals surface area contributed by atoms with Crippen molar-refractivity contribution in [3.8, 4) is 59.2 Å². The topological polar surface area (TPSA) is 0 Å². The largest absolute Gasteiger partial charge is 0.0622 e. The Kier molecular flexibility index (Phi) is 6.27. The van der Waals surface area contributed by atoms with E-state index in [0.29, 0.717) is 0 Å². The van der Waals surface area contributed by atoms with Gasteiger partial charge in [0.05, 0.1) is 0 Å². The lowest BCUT2D eigenvalue weighted by Crippen LogP contribution is -1.74. The molecule has 2 aromatic carbocycles. The van der Waals surface area contributed by atoms with Gasteiger partial charge in [-0.2, -0.15) is 0 Å². The van der Waals surface area contributed by atoms with Crippen molar-refractivity contribution in [1.29, 1.82) is 0 Å². The third-order valence-corrected chi connectivity index (χ3v) is 2.68. The molecule has 0 saturated carbocycles. The monoisotopic (exact) mass is 288 g/mol. The fraction of sp³-hybridized carbons (Fsp3) is 0.0435. The van der Waals surface area contributed by atoms with Gasteiger partial charge in [-0.3, -0.25) is 0 Å². The summed E-state index contributed by atoms with van der Waals surface area (Å²) < 4.78 is 0. The summed E-state index contributed by atoms with van der Waals surface area (Å²) in [5.41, 5.74) is 3.08. The van der Waals surface area contributed by atoms with Gasteiger partial charge < -0.3 is 0 Å². The maximum atomic E-state index is 2.95. The fourth-order valence-electron chi connectivity index (χ4n) is 1.55. The predicted molar refractivity (Wildman–Crippen MR) is 94.7 cm³/mol. The highest BCUT2D eigenvalue weighted by Gasteiger charge is 1.84. The van der Waals surface area contributed by atoms with Crippen molar-refractivity contribution in [2.75, 3.05) is 0 Å². The molecule has 0 heterocycles. The molecular formula is C23H12. The summed E-state index contributed by atoms with van der Waals surface area (Å²) in [5, 5.41) is 0. The number of aryl methyl sites for hydroxylation is 1. The third kappa shape index (κ3) is 6.48. The zero-order valence-electron chi connectivity index (χ0n) is 12.7. The summed E-state index contributed by atoms with van der Waals surface area (Å²) in [6.45, 7) is 2.04. The zero-order chi connectivity index (χ0) is 16.2. The second kappa shape index (κ2) is 9.23. The van der Waals surface area contributed by atoms with Crippen molar-refractivity contribution < 1.29 is 0 Å². The quantitative estimate of drug-likeness (QED) is 0.652. The molecule has 0 saturated heterocycles. The van der Waals surface area contributed by atoms with Crippen LogP contribution < -0.4 is 0 Å². The van der Waals surface area contributed by atoms with Crippen LogP contribution in [0.4, 0.5) is 0 Å². The van der Waals surface area contributed by atoms with Crippen molar-refractivity contribution in [2.24, 2.45) is 0 Å². The van der Waals surface area contributed by atoms with Crippen molar-refractivity contribution in [3.05, 3.63) is 71.3 Å². The van der Waals surface area contributed by atoms with Gasteiger partial charge in [-0.25, -0.2) is 0 Å². The fourth-order valence-corrected chi connectivity index (χ4v) is 1.55. The summed E-state index contributed by atoms with van der Waals surface area (Å²) in [4.78, 5) is 0. The third-order valence-electron chi connectivity index (χ3n) is 2.68. The smallest absolute Gasteiger partial charge is 0.0255 e. The summed E-state index contributed by atoms with van der Waals surface area (Å²) in [5.74, 6) is 27.2. The molecule has 0 aliphatic heterocycles. The van der Waals surface area contributed by atoms with Crippen LogP contribution in [0.2, 0.25) is 0 Å². The molecule has 0 spiro atoms. The molecule has 0 radical (unpaired) electrons. The summed E-state index contributed by atoms with van der Waals surface area (Å²) in [7, 11) is 0. The standard InChI is InChI=1S/C23H12/c1-21-17-19-23(20-18-21)16-10-7-5-3-2-4-6-9-13-22-14-11-8-12-15-22/h8,11-12,14-15,17-20H,1H3. The molecule has 0 aliphatic carbocycles. The molecule has 2 rings (SSSR count). The van der Waals surface area contributed by atoms with Crippen LogP contribution in [0.1, 0.15) is 16.7 Å². The number of hydrogen-bond acceptors (Lipinski definition) is 0. The first-order valence-electron chi connectivity index (χ1n) is 6.98. The van der Waals surface area contributed by atoms with Gasteiger partial charge in [-0.15, -0.1) is 0 Å². The van der Waals surface area contributed by atoms with Gasteiger partial charge in [-0.1, -0.05) is 47.7 Å². The Bertz CT molecular complexity index is 964. The van der Waals surface area contributed by atoms with E-state index >= 15 is 0 Å². The van der Waals surface area contributed by atoms with Crippen molar-refractivity contribution in [3.63, 3.8) is 0 Å². The minimum absolute atomic E-state index is 0.931. The van der Waals surface area contributed by atoms with Crippen molar-refractivity contribution >= 4 is 0 Å². The molecule has 0 amide bonds. The van der Waals surface area contributed by atoms with Gasteiger partial charge in [0, 0.05) is 11.1 Å². The number of benzene rings is 2. The first-order valence-corrected chi connectivity index (χ1v) is 6.98. The van der Waals surface area contributed by atoms with Gasteiger partial charge in [0.2, 0.25) is 0 Å². The van der Waals surface area contributed by atoms with E-state index in [-0.39, 0.29) is 0 Å². The Hall–Kier alpha value is -3.76. The molecule has 23 heavy (non-hydrogen) atoms. The van der Waals surface area contributed by atoms with Gasteiger partial charge in [0.25, 0.3) is 0 Å². The van der Waals surface area contributed by atoms with E-state index in [9.17, 15) is 0 Å². The Morgan fingerprint density at radius 2 is 0.913 bits per heavy atom. The summed E-state index contributed by atoms with van der Waals surface area (Å²) >= 11 is 0. The lowest BCUT2D eigenvalue weighted by molar-refractivity contribution is 1.46. The SMILES string of the molecule is Cc1ccc(C#CC#CC#CC#CC#Cc2ccccc2)cc1. The molecule has 0 aliphatic rings. The maximum Gasteiger partial charge on any atom is 0.0255 e. The second-order valence-electron chi connectivity index (χ2n) is 4.48. The van der Waals surface area contributed by atoms with Crippen LogP contribution in [0.5, 0.6) is 0 Å². The van der Waals surface area contributed by atoms with E-state index in [1.165, 1.54) is 5.56 Å². The normalized spacial score (nSPS) is 7.35. The summed E-state index contributed by atoms with van der Waals surface area (Å²) in [6.07, 6.45) is 0. The molecular weight excluding hydrogens is 276 g/mol. The number of hydrogen-bond donors (Lipinski definition) is 0. The van der Waals surface area contributed by atoms with Crippen LogP contribution in [0.15, 0.2) is 54.6 Å². The van der Waals surface area contributed by atoms with Crippen molar-refractivity contribution in [1.82, 2.24) is 0 Å². The van der Waals surface area contributed by atoms with Gasteiger partial charge in [0.15, 0.2) is 0 Å². The Balaban J connectivity index is 1.87. The van der Waals surface area contributed by atoms with E-state index in [2.05, 4.69) is 59.2 Å². The van der Waals surface area contributed by atoms with Gasteiger partial charge in [-0.05, 0) is 78.6 Å². The van der Waals surface area contributed by atoms with Gasteiger partial charge >= 0.3 is 0 Å². The lowest BCUT2D eigenvalue weighted by atomic mass is 10.2. The Morgan fingerprint density at radius 3 is 1.43 bits per heavy atom. The lowest BCUT2D eigenvalue weighted by Gasteiger charge is -1.89. The van der Waals surface area contributed by atoms with E-state index in [4.69, 9.17) is 0 Å². The van der Waals surface area contributed by atoms with Crippen LogP contribution >= 0.6 is 0 Å². The molecule has 0 bridgehead atoms. The molecule has 0 unspecified atom stereocenters.